The largest absolute Gasteiger partial charge is 0.445 e. The lowest BCUT2D eigenvalue weighted by Gasteiger charge is -2.50. The molecule has 6 rings (SSSR count). The average Bonchev–Trinajstić information content (AvgIpc) is 3.15. The molecule has 2 amide bonds. The normalized spacial score (nSPS) is 25.1. The number of ether oxygens (including phenoxy) is 3. The number of alkyl carbamates (subject to hydrolysis) is 1. The summed E-state index contributed by atoms with van der Waals surface area (Å²) in [6.07, 6.45) is 7.49. The van der Waals surface area contributed by atoms with Gasteiger partial charge in [-0.3, -0.25) is 9.69 Å². The standard InChI is InChI=1S/C43H55N3O6/c1-5-23-50-42(49)44-26-30-9-8-11-35(24-30)31-17-19-34(20-18-31)41-51-36(25-39(52-41)33-15-13-29(28-47)14-16-33)27-46-37-12-7-6-10-32(37)21-22-38(46)40(48)45-43(2,3)4/h5,8-9,11,13-20,24,32,36-39,41,47H,1,6-7,10,12,21-23,25-28H2,2-4H3,(H,44,49)(H,45,48). The maximum atomic E-state index is 13.8. The highest BCUT2D eigenvalue weighted by Gasteiger charge is 2.44. The molecule has 1 saturated carbocycles. The molecule has 3 aromatic carbocycles. The second-order valence-corrected chi connectivity index (χ2v) is 15.6. The van der Waals surface area contributed by atoms with Crippen molar-refractivity contribution in [2.75, 3.05) is 13.2 Å². The number of hydrogen-bond donors (Lipinski definition) is 3. The number of hydrogen-bond acceptors (Lipinski definition) is 7. The molecule has 0 bridgehead atoms. The number of likely N-dealkylation sites (tertiary alicyclic amines) is 1. The van der Waals surface area contributed by atoms with Crippen LogP contribution in [0.5, 0.6) is 0 Å². The Morgan fingerprint density at radius 1 is 0.923 bits per heavy atom. The fraction of sp³-hybridized carbons (Fsp3) is 0.488. The summed E-state index contributed by atoms with van der Waals surface area (Å²) >= 11 is 0. The highest BCUT2D eigenvalue weighted by atomic mass is 16.7. The monoisotopic (exact) mass is 709 g/mol. The number of benzene rings is 3. The van der Waals surface area contributed by atoms with E-state index in [1.165, 1.54) is 25.3 Å². The van der Waals surface area contributed by atoms with Crippen LogP contribution in [0.3, 0.4) is 0 Å². The Labute approximate surface area is 308 Å². The van der Waals surface area contributed by atoms with Crippen LogP contribution in [-0.4, -0.2) is 58.9 Å². The lowest BCUT2D eigenvalue weighted by atomic mass is 9.75. The van der Waals surface area contributed by atoms with Crippen molar-refractivity contribution in [3.05, 3.63) is 108 Å². The first-order valence-electron chi connectivity index (χ1n) is 18.9. The molecule has 3 fully saturated rings. The minimum Gasteiger partial charge on any atom is -0.445 e. The van der Waals surface area contributed by atoms with Gasteiger partial charge in [0.25, 0.3) is 0 Å². The Morgan fingerprint density at radius 2 is 1.67 bits per heavy atom. The van der Waals surface area contributed by atoms with Crippen LogP contribution < -0.4 is 10.6 Å². The Morgan fingerprint density at radius 3 is 2.40 bits per heavy atom. The van der Waals surface area contributed by atoms with E-state index in [-0.39, 0.29) is 42.9 Å². The van der Waals surface area contributed by atoms with Crippen LogP contribution in [-0.2, 0) is 32.2 Å². The van der Waals surface area contributed by atoms with E-state index in [4.69, 9.17) is 14.2 Å². The molecule has 9 heteroatoms. The maximum absolute atomic E-state index is 13.8. The van der Waals surface area contributed by atoms with Crippen molar-refractivity contribution in [1.29, 1.82) is 0 Å². The minimum atomic E-state index is -0.596. The van der Waals surface area contributed by atoms with Gasteiger partial charge >= 0.3 is 6.09 Å². The molecule has 3 aliphatic rings. The van der Waals surface area contributed by atoms with Crippen LogP contribution in [0.2, 0.25) is 0 Å². The summed E-state index contributed by atoms with van der Waals surface area (Å²) in [6.45, 7) is 10.9. The molecule has 3 N–H and O–H groups in total. The van der Waals surface area contributed by atoms with E-state index in [9.17, 15) is 14.7 Å². The van der Waals surface area contributed by atoms with Crippen molar-refractivity contribution in [2.24, 2.45) is 5.92 Å². The number of amides is 2. The van der Waals surface area contributed by atoms with Crippen LogP contribution in [0.4, 0.5) is 4.79 Å². The Kier molecular flexibility index (Phi) is 12.5. The van der Waals surface area contributed by atoms with Gasteiger partial charge in [0.2, 0.25) is 5.91 Å². The summed E-state index contributed by atoms with van der Waals surface area (Å²) < 4.78 is 18.6. The molecule has 0 radical (unpaired) electrons. The van der Waals surface area contributed by atoms with Gasteiger partial charge in [0.1, 0.15) is 6.61 Å². The summed E-state index contributed by atoms with van der Waals surface area (Å²) in [5.74, 6) is 0.720. The molecular weight excluding hydrogens is 654 g/mol. The smallest absolute Gasteiger partial charge is 0.407 e. The quantitative estimate of drug-likeness (QED) is 0.175. The first kappa shape index (κ1) is 37.7. The zero-order valence-electron chi connectivity index (χ0n) is 30.9. The van der Waals surface area contributed by atoms with Gasteiger partial charge in [0, 0.05) is 36.7 Å². The number of nitrogens with zero attached hydrogens (tertiary/aromatic N) is 1. The van der Waals surface area contributed by atoms with Crippen LogP contribution in [0.1, 0.15) is 100 Å². The summed E-state index contributed by atoms with van der Waals surface area (Å²) in [6, 6.07) is 24.5. The van der Waals surface area contributed by atoms with E-state index in [2.05, 4.69) is 52.4 Å². The summed E-state index contributed by atoms with van der Waals surface area (Å²) in [5.41, 5.74) is 5.54. The van der Waals surface area contributed by atoms with Gasteiger partial charge in [-0.25, -0.2) is 4.79 Å². The Bertz CT molecular complexity index is 1650. The molecule has 9 nitrogen and oxygen atoms in total. The second kappa shape index (κ2) is 17.2. The van der Waals surface area contributed by atoms with E-state index in [0.717, 1.165) is 52.6 Å². The number of aliphatic hydroxyl groups excluding tert-OH is 1. The molecule has 278 valence electrons. The number of carbonyl (C=O) groups excluding carboxylic acids is 2. The lowest BCUT2D eigenvalue weighted by Crippen LogP contribution is -2.61. The molecule has 1 aliphatic carbocycles. The predicted octanol–water partition coefficient (Wildman–Crippen LogP) is 7.74. The highest BCUT2D eigenvalue weighted by Crippen LogP contribution is 2.42. The minimum absolute atomic E-state index is 0.0102. The Balaban J connectivity index is 1.23. The molecule has 52 heavy (non-hydrogen) atoms. The summed E-state index contributed by atoms with van der Waals surface area (Å²) in [7, 11) is 0. The topological polar surface area (TPSA) is 109 Å². The molecule has 0 aromatic heterocycles. The third-order valence-corrected chi connectivity index (χ3v) is 10.5. The van der Waals surface area contributed by atoms with Crippen LogP contribution in [0, 0.1) is 5.92 Å². The highest BCUT2D eigenvalue weighted by molar-refractivity contribution is 5.82. The van der Waals surface area contributed by atoms with Gasteiger partial charge < -0.3 is 30.0 Å². The molecule has 6 unspecified atom stereocenters. The number of piperidine rings is 1. The number of rotatable bonds is 11. The van der Waals surface area contributed by atoms with Crippen molar-refractivity contribution in [3.63, 3.8) is 0 Å². The van der Waals surface area contributed by atoms with Crippen LogP contribution in [0.25, 0.3) is 11.1 Å². The second-order valence-electron chi connectivity index (χ2n) is 15.6. The first-order chi connectivity index (χ1) is 25.1. The Hall–Kier alpha value is -4.02. The van der Waals surface area contributed by atoms with Crippen molar-refractivity contribution in [3.8, 4) is 11.1 Å². The first-order valence-corrected chi connectivity index (χ1v) is 18.9. The lowest BCUT2D eigenvalue weighted by molar-refractivity contribution is -0.255. The van der Waals surface area contributed by atoms with E-state index < -0.39 is 12.4 Å². The van der Waals surface area contributed by atoms with E-state index in [1.54, 1.807) is 0 Å². The van der Waals surface area contributed by atoms with Gasteiger partial charge in [0.15, 0.2) is 6.29 Å². The molecule has 2 aliphatic heterocycles. The van der Waals surface area contributed by atoms with E-state index in [0.29, 0.717) is 31.5 Å². The molecule has 0 spiro atoms. The molecule has 2 saturated heterocycles. The third-order valence-electron chi connectivity index (χ3n) is 10.5. The fourth-order valence-electron chi connectivity index (χ4n) is 8.05. The van der Waals surface area contributed by atoms with Crippen LogP contribution >= 0.6 is 0 Å². The van der Waals surface area contributed by atoms with Crippen molar-refractivity contribution in [1.82, 2.24) is 15.5 Å². The molecule has 6 atom stereocenters. The zero-order chi connectivity index (χ0) is 36.7. The molecule has 2 heterocycles. The maximum Gasteiger partial charge on any atom is 0.407 e. The van der Waals surface area contributed by atoms with Gasteiger partial charge in [-0.2, -0.15) is 0 Å². The summed E-state index contributed by atoms with van der Waals surface area (Å²) in [5, 5.41) is 15.7. The van der Waals surface area contributed by atoms with Gasteiger partial charge in [-0.05, 0) is 86.3 Å². The van der Waals surface area contributed by atoms with Gasteiger partial charge in [0.05, 0.1) is 24.9 Å². The van der Waals surface area contributed by atoms with Crippen molar-refractivity contribution >= 4 is 12.0 Å². The van der Waals surface area contributed by atoms with Gasteiger partial charge in [-0.15, -0.1) is 0 Å². The number of carbonyl (C=O) groups is 2. The number of fused-ring (bicyclic) bond motifs is 1. The average molecular weight is 710 g/mol. The molecule has 3 aromatic rings. The fourth-order valence-corrected chi connectivity index (χ4v) is 8.05. The van der Waals surface area contributed by atoms with Crippen molar-refractivity contribution in [2.45, 2.75) is 115 Å². The van der Waals surface area contributed by atoms with Crippen molar-refractivity contribution < 1.29 is 28.9 Å². The number of nitrogens with one attached hydrogen (secondary N) is 2. The molecular formula is C43H55N3O6. The summed E-state index contributed by atoms with van der Waals surface area (Å²) in [4.78, 5) is 28.2. The predicted molar refractivity (Wildman–Crippen MR) is 202 cm³/mol. The third kappa shape index (κ3) is 9.69. The zero-order valence-corrected chi connectivity index (χ0v) is 30.9. The van der Waals surface area contributed by atoms with E-state index >= 15 is 0 Å². The SMILES string of the molecule is C=CCOC(=O)NCc1cccc(-c2ccc(C3OC(CN4C(C(=O)NC(C)(C)C)CCC5CCCCC54)CC(c4ccc(CO)cc4)O3)cc2)c1. The van der Waals surface area contributed by atoms with E-state index in [1.807, 2.05) is 63.2 Å². The van der Waals surface area contributed by atoms with Gasteiger partial charge in [-0.1, -0.05) is 92.2 Å². The van der Waals surface area contributed by atoms with Crippen LogP contribution in [0.15, 0.2) is 85.5 Å². The number of aliphatic hydroxyl groups is 1.